The lowest BCUT2D eigenvalue weighted by molar-refractivity contribution is 0.119. The van der Waals surface area contributed by atoms with Gasteiger partial charge in [0.15, 0.2) is 0 Å². The van der Waals surface area contributed by atoms with Gasteiger partial charge in [-0.3, -0.25) is 0 Å². The lowest BCUT2D eigenvalue weighted by atomic mass is 10.1. The molecule has 0 aliphatic rings. The van der Waals surface area contributed by atoms with E-state index in [2.05, 4.69) is 4.65 Å². The molecular weight excluding hydrogens is 183 g/mol. The van der Waals surface area contributed by atoms with Crippen LogP contribution in [0.5, 0.6) is 5.75 Å². The van der Waals surface area contributed by atoms with E-state index >= 15 is 0 Å². The molecule has 0 saturated carbocycles. The standard InChI is InChI=1S/C9H13BO4/c1-7(13-2)8-3-5-9(6-4-8)14-10(11)12/h3-7,11-12H,1-2H3. The molecule has 0 aliphatic carbocycles. The van der Waals surface area contributed by atoms with Crippen molar-refractivity contribution in [3.63, 3.8) is 0 Å². The van der Waals surface area contributed by atoms with Crippen LogP contribution in [-0.4, -0.2) is 24.5 Å². The normalized spacial score (nSPS) is 12.3. The van der Waals surface area contributed by atoms with E-state index in [1.165, 1.54) is 0 Å². The third kappa shape index (κ3) is 3.03. The quantitative estimate of drug-likeness (QED) is 0.697. The van der Waals surface area contributed by atoms with Crippen LogP contribution in [0, 0.1) is 0 Å². The predicted octanol–water partition coefficient (Wildman–Crippen LogP) is 0.742. The van der Waals surface area contributed by atoms with Crippen LogP contribution in [0.3, 0.4) is 0 Å². The Morgan fingerprint density at radius 1 is 1.21 bits per heavy atom. The van der Waals surface area contributed by atoms with E-state index in [1.54, 1.807) is 19.2 Å². The number of benzene rings is 1. The van der Waals surface area contributed by atoms with Crippen molar-refractivity contribution in [3.05, 3.63) is 29.8 Å². The Bertz CT molecular complexity index is 273. The number of hydrogen-bond donors (Lipinski definition) is 2. The largest absolute Gasteiger partial charge is 0.707 e. The fourth-order valence-electron chi connectivity index (χ4n) is 1.08. The molecule has 0 saturated heterocycles. The second-order valence-electron chi connectivity index (χ2n) is 2.89. The van der Waals surface area contributed by atoms with Gasteiger partial charge in [-0.05, 0) is 24.6 Å². The summed E-state index contributed by atoms with van der Waals surface area (Å²) in [5.41, 5.74) is 1.01. The summed E-state index contributed by atoms with van der Waals surface area (Å²) >= 11 is 0. The number of hydrogen-bond acceptors (Lipinski definition) is 4. The van der Waals surface area contributed by atoms with Gasteiger partial charge in [0.05, 0.1) is 6.10 Å². The first-order chi connectivity index (χ1) is 6.63. The van der Waals surface area contributed by atoms with Gasteiger partial charge in [-0.2, -0.15) is 0 Å². The molecule has 0 heterocycles. The second-order valence-corrected chi connectivity index (χ2v) is 2.89. The molecule has 2 N–H and O–H groups in total. The monoisotopic (exact) mass is 196 g/mol. The zero-order valence-electron chi connectivity index (χ0n) is 8.18. The number of methoxy groups -OCH3 is 1. The zero-order chi connectivity index (χ0) is 10.6. The fraction of sp³-hybridized carbons (Fsp3) is 0.333. The third-order valence-electron chi connectivity index (χ3n) is 1.94. The van der Waals surface area contributed by atoms with Crippen molar-refractivity contribution in [3.8, 4) is 5.75 Å². The Morgan fingerprint density at radius 3 is 2.21 bits per heavy atom. The van der Waals surface area contributed by atoms with Gasteiger partial charge in [-0.15, -0.1) is 0 Å². The zero-order valence-corrected chi connectivity index (χ0v) is 8.18. The van der Waals surface area contributed by atoms with Gasteiger partial charge in [-0.1, -0.05) is 12.1 Å². The van der Waals surface area contributed by atoms with E-state index < -0.39 is 7.32 Å². The van der Waals surface area contributed by atoms with Crippen molar-refractivity contribution >= 4 is 7.32 Å². The Morgan fingerprint density at radius 2 is 1.79 bits per heavy atom. The van der Waals surface area contributed by atoms with Crippen molar-refractivity contribution < 1.29 is 19.4 Å². The van der Waals surface area contributed by atoms with Crippen molar-refractivity contribution in [2.45, 2.75) is 13.0 Å². The van der Waals surface area contributed by atoms with Gasteiger partial charge in [0.2, 0.25) is 0 Å². The molecule has 0 fully saturated rings. The molecule has 1 atom stereocenters. The maximum absolute atomic E-state index is 8.54. The molecule has 4 nitrogen and oxygen atoms in total. The SMILES string of the molecule is COC(C)c1ccc(OB(O)O)cc1. The summed E-state index contributed by atoms with van der Waals surface area (Å²) in [6.45, 7) is 1.93. The van der Waals surface area contributed by atoms with Crippen LogP contribution in [0.4, 0.5) is 0 Å². The molecule has 1 unspecified atom stereocenters. The van der Waals surface area contributed by atoms with E-state index in [0.29, 0.717) is 5.75 Å². The molecule has 5 heteroatoms. The lowest BCUT2D eigenvalue weighted by Gasteiger charge is -2.10. The first-order valence-electron chi connectivity index (χ1n) is 4.29. The highest BCUT2D eigenvalue weighted by Crippen LogP contribution is 2.19. The highest BCUT2D eigenvalue weighted by Gasteiger charge is 2.11. The van der Waals surface area contributed by atoms with Gasteiger partial charge >= 0.3 is 7.32 Å². The summed E-state index contributed by atoms with van der Waals surface area (Å²) < 4.78 is 9.77. The Hall–Kier alpha value is -1.04. The third-order valence-corrected chi connectivity index (χ3v) is 1.94. The fourth-order valence-corrected chi connectivity index (χ4v) is 1.08. The van der Waals surface area contributed by atoms with E-state index in [-0.39, 0.29) is 6.10 Å². The minimum absolute atomic E-state index is 0.0168. The highest BCUT2D eigenvalue weighted by atomic mass is 16.6. The molecule has 14 heavy (non-hydrogen) atoms. The topological polar surface area (TPSA) is 58.9 Å². The molecule has 1 aromatic carbocycles. The van der Waals surface area contributed by atoms with Crippen molar-refractivity contribution in [2.24, 2.45) is 0 Å². The molecule has 76 valence electrons. The minimum atomic E-state index is -1.78. The van der Waals surface area contributed by atoms with Crippen LogP contribution in [0.25, 0.3) is 0 Å². The molecule has 0 aliphatic heterocycles. The summed E-state index contributed by atoms with van der Waals surface area (Å²) in [4.78, 5) is 0. The minimum Gasteiger partial charge on any atom is -0.512 e. The lowest BCUT2D eigenvalue weighted by Crippen LogP contribution is -2.20. The van der Waals surface area contributed by atoms with Gasteiger partial charge in [-0.25, -0.2) is 0 Å². The summed E-state index contributed by atoms with van der Waals surface area (Å²) in [6.07, 6.45) is 0.0168. The summed E-state index contributed by atoms with van der Waals surface area (Å²) in [6, 6.07) is 6.94. The Kier molecular flexibility index (Phi) is 3.94. The van der Waals surface area contributed by atoms with E-state index in [9.17, 15) is 0 Å². The molecule has 0 radical (unpaired) electrons. The van der Waals surface area contributed by atoms with Crippen molar-refractivity contribution in [1.82, 2.24) is 0 Å². The average molecular weight is 196 g/mol. The molecule has 0 spiro atoms. The van der Waals surface area contributed by atoms with Crippen LogP contribution < -0.4 is 4.65 Å². The van der Waals surface area contributed by atoms with Crippen LogP contribution in [0.1, 0.15) is 18.6 Å². The summed E-state index contributed by atoms with van der Waals surface area (Å²) in [5.74, 6) is 0.409. The van der Waals surface area contributed by atoms with E-state index in [0.717, 1.165) is 5.56 Å². The highest BCUT2D eigenvalue weighted by molar-refractivity contribution is 6.33. The van der Waals surface area contributed by atoms with Gasteiger partial charge in [0.25, 0.3) is 0 Å². The first kappa shape index (κ1) is 11.0. The molecule has 0 aromatic heterocycles. The Balaban J connectivity index is 2.68. The summed E-state index contributed by atoms with van der Waals surface area (Å²) in [7, 11) is -0.146. The molecule has 1 rings (SSSR count). The maximum atomic E-state index is 8.54. The van der Waals surface area contributed by atoms with Crippen molar-refractivity contribution in [2.75, 3.05) is 7.11 Å². The van der Waals surface area contributed by atoms with E-state index in [4.69, 9.17) is 14.8 Å². The summed E-state index contributed by atoms with van der Waals surface area (Å²) in [5, 5.41) is 17.1. The first-order valence-corrected chi connectivity index (χ1v) is 4.29. The average Bonchev–Trinajstić information content (AvgIpc) is 2.17. The number of rotatable bonds is 4. The molecular formula is C9H13BO4. The van der Waals surface area contributed by atoms with Crippen LogP contribution >= 0.6 is 0 Å². The molecule has 0 amide bonds. The molecule has 0 bridgehead atoms. The number of ether oxygens (including phenoxy) is 1. The van der Waals surface area contributed by atoms with Crippen LogP contribution in [0.15, 0.2) is 24.3 Å². The van der Waals surface area contributed by atoms with Crippen LogP contribution in [0.2, 0.25) is 0 Å². The van der Waals surface area contributed by atoms with Gasteiger partial charge in [0.1, 0.15) is 5.75 Å². The predicted molar refractivity (Wildman–Crippen MR) is 52.7 cm³/mol. The molecule has 1 aromatic rings. The smallest absolute Gasteiger partial charge is 0.512 e. The Labute approximate surface area is 83.3 Å². The second kappa shape index (κ2) is 5.00. The van der Waals surface area contributed by atoms with Gasteiger partial charge < -0.3 is 19.4 Å². The van der Waals surface area contributed by atoms with Crippen LogP contribution in [-0.2, 0) is 4.74 Å². The van der Waals surface area contributed by atoms with Gasteiger partial charge in [0, 0.05) is 7.11 Å². The van der Waals surface area contributed by atoms with E-state index in [1.807, 2.05) is 19.1 Å². The van der Waals surface area contributed by atoms with Crippen molar-refractivity contribution in [1.29, 1.82) is 0 Å². The maximum Gasteiger partial charge on any atom is 0.707 e.